The molecule has 84 valence electrons. The summed E-state index contributed by atoms with van der Waals surface area (Å²) in [7, 11) is -1.88. The fraction of sp³-hybridized carbons (Fsp3) is 0.333. The van der Waals surface area contributed by atoms with Crippen LogP contribution in [0.1, 0.15) is 5.56 Å². The van der Waals surface area contributed by atoms with Crippen molar-refractivity contribution in [2.24, 2.45) is 5.73 Å². The molecular formula is C9H12BrNO3S. The molecule has 0 aliphatic carbocycles. The third-order valence-corrected chi connectivity index (χ3v) is 3.60. The molecule has 1 aromatic carbocycles. The van der Waals surface area contributed by atoms with Gasteiger partial charge in [-0.2, -0.15) is 0 Å². The SMILES string of the molecule is COc1c(Br)cc(CN)cc1S(C)(=O)=O. The Morgan fingerprint density at radius 1 is 1.47 bits per heavy atom. The van der Waals surface area contributed by atoms with Crippen molar-refractivity contribution in [3.8, 4) is 5.75 Å². The number of benzene rings is 1. The molecule has 0 unspecified atom stereocenters. The van der Waals surface area contributed by atoms with E-state index in [1.165, 1.54) is 13.2 Å². The summed E-state index contributed by atoms with van der Waals surface area (Å²) in [5.41, 5.74) is 6.20. The van der Waals surface area contributed by atoms with E-state index in [9.17, 15) is 8.42 Å². The maximum atomic E-state index is 11.5. The molecule has 1 aromatic rings. The number of sulfone groups is 1. The average molecular weight is 294 g/mol. The second kappa shape index (κ2) is 4.51. The van der Waals surface area contributed by atoms with Crippen molar-refractivity contribution in [2.45, 2.75) is 11.4 Å². The highest BCUT2D eigenvalue weighted by atomic mass is 79.9. The van der Waals surface area contributed by atoms with E-state index in [2.05, 4.69) is 15.9 Å². The molecule has 0 atom stereocenters. The van der Waals surface area contributed by atoms with Gasteiger partial charge in [0.1, 0.15) is 4.90 Å². The van der Waals surface area contributed by atoms with Crippen molar-refractivity contribution in [2.75, 3.05) is 13.4 Å². The highest BCUT2D eigenvalue weighted by Gasteiger charge is 2.17. The first-order chi connectivity index (χ1) is 6.90. The van der Waals surface area contributed by atoms with Gasteiger partial charge in [-0.3, -0.25) is 0 Å². The molecule has 0 aliphatic heterocycles. The van der Waals surface area contributed by atoms with Crippen LogP contribution >= 0.6 is 15.9 Å². The summed E-state index contributed by atoms with van der Waals surface area (Å²) in [6.45, 7) is 0.283. The Kier molecular flexibility index (Phi) is 3.75. The lowest BCUT2D eigenvalue weighted by molar-refractivity contribution is 0.400. The summed E-state index contributed by atoms with van der Waals surface area (Å²) in [6.07, 6.45) is 1.14. The Labute approximate surface area is 97.5 Å². The minimum Gasteiger partial charge on any atom is -0.494 e. The van der Waals surface area contributed by atoms with Crippen molar-refractivity contribution < 1.29 is 13.2 Å². The van der Waals surface area contributed by atoms with Crippen LogP contribution in [0.2, 0.25) is 0 Å². The highest BCUT2D eigenvalue weighted by molar-refractivity contribution is 9.10. The molecule has 0 aliphatic rings. The summed E-state index contributed by atoms with van der Waals surface area (Å²) in [6, 6.07) is 3.27. The van der Waals surface area contributed by atoms with Crippen LogP contribution < -0.4 is 10.5 Å². The van der Waals surface area contributed by atoms with Gasteiger partial charge in [-0.1, -0.05) is 0 Å². The maximum Gasteiger partial charge on any atom is 0.179 e. The monoisotopic (exact) mass is 293 g/mol. The predicted octanol–water partition coefficient (Wildman–Crippen LogP) is 1.32. The van der Waals surface area contributed by atoms with Gasteiger partial charge in [-0.05, 0) is 33.6 Å². The molecule has 0 heterocycles. The van der Waals surface area contributed by atoms with Crippen LogP contribution in [0.3, 0.4) is 0 Å². The number of methoxy groups -OCH3 is 1. The Morgan fingerprint density at radius 3 is 2.47 bits per heavy atom. The quantitative estimate of drug-likeness (QED) is 0.913. The zero-order valence-corrected chi connectivity index (χ0v) is 10.9. The summed E-state index contributed by atoms with van der Waals surface area (Å²) in [4.78, 5) is 0.153. The molecule has 0 amide bonds. The fourth-order valence-corrected chi connectivity index (χ4v) is 2.91. The lowest BCUT2D eigenvalue weighted by Gasteiger charge is -2.10. The largest absolute Gasteiger partial charge is 0.494 e. The molecule has 0 bridgehead atoms. The molecular weight excluding hydrogens is 282 g/mol. The molecule has 0 saturated heterocycles. The third-order valence-electron chi connectivity index (χ3n) is 1.91. The molecule has 0 fully saturated rings. The molecule has 1 rings (SSSR count). The number of hydrogen-bond donors (Lipinski definition) is 1. The van der Waals surface area contributed by atoms with Crippen LogP contribution in [0, 0.1) is 0 Å². The molecule has 0 aromatic heterocycles. The summed E-state index contributed by atoms with van der Waals surface area (Å²) in [5, 5.41) is 0. The molecule has 0 radical (unpaired) electrons. The molecule has 6 heteroatoms. The van der Waals surface area contributed by atoms with Crippen molar-refractivity contribution >= 4 is 25.8 Å². The number of halogens is 1. The first-order valence-electron chi connectivity index (χ1n) is 4.16. The second-order valence-electron chi connectivity index (χ2n) is 3.09. The standard InChI is InChI=1S/C9H12BrNO3S/c1-14-9-7(10)3-6(5-11)4-8(9)15(2,12)13/h3-4H,5,11H2,1-2H3. The summed E-state index contributed by atoms with van der Waals surface area (Å²) < 4.78 is 28.6. The van der Waals surface area contributed by atoms with Gasteiger partial charge in [0.05, 0.1) is 11.6 Å². The highest BCUT2D eigenvalue weighted by Crippen LogP contribution is 2.33. The Balaban J connectivity index is 3.53. The summed E-state index contributed by atoms with van der Waals surface area (Å²) >= 11 is 3.25. The van der Waals surface area contributed by atoms with Crippen molar-refractivity contribution in [1.29, 1.82) is 0 Å². The minimum atomic E-state index is -3.31. The van der Waals surface area contributed by atoms with Crippen LogP contribution in [-0.4, -0.2) is 21.8 Å². The van der Waals surface area contributed by atoms with Gasteiger partial charge < -0.3 is 10.5 Å². The number of hydrogen-bond acceptors (Lipinski definition) is 4. The van der Waals surface area contributed by atoms with E-state index in [1.807, 2.05) is 0 Å². The van der Waals surface area contributed by atoms with Gasteiger partial charge in [0.2, 0.25) is 0 Å². The van der Waals surface area contributed by atoms with Gasteiger partial charge in [0.25, 0.3) is 0 Å². The topological polar surface area (TPSA) is 69.4 Å². The first-order valence-corrected chi connectivity index (χ1v) is 6.85. The molecule has 4 nitrogen and oxygen atoms in total. The zero-order chi connectivity index (χ0) is 11.6. The van der Waals surface area contributed by atoms with Crippen molar-refractivity contribution in [3.05, 3.63) is 22.2 Å². The van der Waals surface area contributed by atoms with E-state index < -0.39 is 9.84 Å². The van der Waals surface area contributed by atoms with E-state index >= 15 is 0 Å². The Bertz CT molecular complexity index is 470. The van der Waals surface area contributed by atoms with Crippen molar-refractivity contribution in [3.63, 3.8) is 0 Å². The zero-order valence-electron chi connectivity index (χ0n) is 8.45. The number of ether oxygens (including phenoxy) is 1. The molecule has 2 N–H and O–H groups in total. The Hall–Kier alpha value is -0.590. The van der Waals surface area contributed by atoms with Gasteiger partial charge >= 0.3 is 0 Å². The van der Waals surface area contributed by atoms with E-state index in [1.54, 1.807) is 6.07 Å². The van der Waals surface area contributed by atoms with Gasteiger partial charge in [-0.25, -0.2) is 8.42 Å². The minimum absolute atomic E-state index is 0.153. The average Bonchev–Trinajstić information content (AvgIpc) is 2.15. The Morgan fingerprint density at radius 2 is 2.07 bits per heavy atom. The normalized spacial score (nSPS) is 11.5. The van der Waals surface area contributed by atoms with Crippen molar-refractivity contribution in [1.82, 2.24) is 0 Å². The van der Waals surface area contributed by atoms with Gasteiger partial charge in [-0.15, -0.1) is 0 Å². The van der Waals surface area contributed by atoms with E-state index in [0.29, 0.717) is 10.2 Å². The second-order valence-corrected chi connectivity index (χ2v) is 5.92. The lowest BCUT2D eigenvalue weighted by Crippen LogP contribution is -2.05. The molecule has 0 saturated carbocycles. The van der Waals surface area contributed by atoms with Crippen LogP contribution in [0.5, 0.6) is 5.75 Å². The van der Waals surface area contributed by atoms with Gasteiger partial charge in [0, 0.05) is 12.8 Å². The summed E-state index contributed by atoms with van der Waals surface area (Å²) in [5.74, 6) is 0.315. The van der Waals surface area contributed by atoms with Crippen LogP contribution in [-0.2, 0) is 16.4 Å². The first kappa shape index (κ1) is 12.5. The van der Waals surface area contributed by atoms with Crippen LogP contribution in [0.15, 0.2) is 21.5 Å². The number of rotatable bonds is 3. The smallest absolute Gasteiger partial charge is 0.179 e. The van der Waals surface area contributed by atoms with E-state index in [0.717, 1.165) is 11.8 Å². The van der Waals surface area contributed by atoms with Crippen LogP contribution in [0.25, 0.3) is 0 Å². The van der Waals surface area contributed by atoms with E-state index in [-0.39, 0.29) is 11.4 Å². The maximum absolute atomic E-state index is 11.5. The number of nitrogens with two attached hydrogens (primary N) is 1. The predicted molar refractivity (Wildman–Crippen MR) is 61.7 cm³/mol. The van der Waals surface area contributed by atoms with E-state index in [4.69, 9.17) is 10.5 Å². The van der Waals surface area contributed by atoms with Gasteiger partial charge in [0.15, 0.2) is 15.6 Å². The third kappa shape index (κ3) is 2.70. The molecule has 15 heavy (non-hydrogen) atoms. The fourth-order valence-electron chi connectivity index (χ4n) is 1.21. The van der Waals surface area contributed by atoms with Crippen LogP contribution in [0.4, 0.5) is 0 Å². The lowest BCUT2D eigenvalue weighted by atomic mass is 10.2. The molecule has 0 spiro atoms.